The molecule has 1 aromatic carbocycles. The smallest absolute Gasteiger partial charge is 0.259 e. The number of amides is 2. The molecule has 0 atom stereocenters. The molecule has 0 unspecified atom stereocenters. The fourth-order valence-electron chi connectivity index (χ4n) is 1.39. The number of carbonyl (C=O) groups is 2. The number of rotatable bonds is 5. The van der Waals surface area contributed by atoms with Gasteiger partial charge in [0, 0.05) is 0 Å². The van der Waals surface area contributed by atoms with Crippen LogP contribution in [0.1, 0.15) is 5.56 Å². The second-order valence-electron chi connectivity index (χ2n) is 3.83. The van der Waals surface area contributed by atoms with Gasteiger partial charge < -0.3 is 10.5 Å². The monoisotopic (exact) mass is 309 g/mol. The predicted molar refractivity (Wildman–Crippen MR) is 80.6 cm³/mol. The first-order valence-electron chi connectivity index (χ1n) is 5.61. The minimum Gasteiger partial charge on any atom is -0.484 e. The fraction of sp³-hybridized carbons (Fsp3) is 0.167. The summed E-state index contributed by atoms with van der Waals surface area (Å²) in [6.07, 6.45) is 1.54. The SMILES string of the molecule is NC(=O)COc1ccc(/C=N\N2C(=O)CSC2=S)cc1. The highest BCUT2D eigenvalue weighted by Gasteiger charge is 2.25. The van der Waals surface area contributed by atoms with Crippen molar-refractivity contribution in [3.8, 4) is 5.75 Å². The molecule has 6 nitrogen and oxygen atoms in total. The van der Waals surface area contributed by atoms with Crippen molar-refractivity contribution in [3.63, 3.8) is 0 Å². The number of thiocarbonyl (C=S) groups is 1. The van der Waals surface area contributed by atoms with E-state index in [1.807, 2.05) is 0 Å². The summed E-state index contributed by atoms with van der Waals surface area (Å²) in [5.74, 6) is 0.201. The number of nitrogens with zero attached hydrogens (tertiary/aromatic N) is 2. The van der Waals surface area contributed by atoms with Gasteiger partial charge in [-0.1, -0.05) is 24.0 Å². The van der Waals surface area contributed by atoms with Gasteiger partial charge in [0.05, 0.1) is 12.0 Å². The quantitative estimate of drug-likeness (QED) is 0.641. The van der Waals surface area contributed by atoms with Crippen LogP contribution in [-0.4, -0.2) is 39.7 Å². The van der Waals surface area contributed by atoms with Gasteiger partial charge in [-0.3, -0.25) is 9.59 Å². The van der Waals surface area contributed by atoms with Gasteiger partial charge >= 0.3 is 0 Å². The van der Waals surface area contributed by atoms with E-state index in [1.54, 1.807) is 24.3 Å². The van der Waals surface area contributed by atoms with Gasteiger partial charge in [0.15, 0.2) is 10.9 Å². The number of thioether (sulfide) groups is 1. The summed E-state index contributed by atoms with van der Waals surface area (Å²) in [7, 11) is 0. The summed E-state index contributed by atoms with van der Waals surface area (Å²) in [6.45, 7) is -0.165. The largest absolute Gasteiger partial charge is 0.484 e. The normalized spacial score (nSPS) is 15.1. The molecule has 1 saturated heterocycles. The molecule has 1 heterocycles. The van der Waals surface area contributed by atoms with Gasteiger partial charge in [0.1, 0.15) is 5.75 Å². The molecule has 0 saturated carbocycles. The summed E-state index contributed by atoms with van der Waals surface area (Å²) in [4.78, 5) is 22.0. The zero-order valence-electron chi connectivity index (χ0n) is 10.3. The Hall–Kier alpha value is -1.93. The van der Waals surface area contributed by atoms with E-state index in [2.05, 4.69) is 5.10 Å². The molecule has 2 N–H and O–H groups in total. The van der Waals surface area contributed by atoms with Crippen molar-refractivity contribution < 1.29 is 14.3 Å². The lowest BCUT2D eigenvalue weighted by atomic mass is 10.2. The summed E-state index contributed by atoms with van der Waals surface area (Å²) < 4.78 is 5.58. The number of benzene rings is 1. The minimum atomic E-state index is -0.533. The highest BCUT2D eigenvalue weighted by atomic mass is 32.2. The van der Waals surface area contributed by atoms with Crippen LogP contribution >= 0.6 is 24.0 Å². The molecule has 104 valence electrons. The maximum atomic E-state index is 11.4. The molecule has 0 spiro atoms. The van der Waals surface area contributed by atoms with Crippen LogP contribution in [0.2, 0.25) is 0 Å². The van der Waals surface area contributed by atoms with Crippen molar-refractivity contribution >= 4 is 46.3 Å². The maximum absolute atomic E-state index is 11.4. The Labute approximate surface area is 124 Å². The van der Waals surface area contributed by atoms with Gasteiger partial charge in [0.2, 0.25) is 0 Å². The lowest BCUT2D eigenvalue weighted by molar-refractivity contribution is -0.124. The molecular formula is C12H11N3O3S2. The molecule has 2 amide bonds. The van der Waals surface area contributed by atoms with Crippen LogP contribution in [0.4, 0.5) is 0 Å². The van der Waals surface area contributed by atoms with Crippen LogP contribution in [0.15, 0.2) is 29.4 Å². The van der Waals surface area contributed by atoms with E-state index in [0.717, 1.165) is 5.56 Å². The Morgan fingerprint density at radius 1 is 1.50 bits per heavy atom. The first kappa shape index (κ1) is 14.5. The second-order valence-corrected chi connectivity index (χ2v) is 5.44. The Morgan fingerprint density at radius 3 is 2.75 bits per heavy atom. The molecule has 0 bridgehead atoms. The number of hydrogen-bond acceptors (Lipinski definition) is 6. The third-order valence-corrected chi connectivity index (χ3v) is 3.65. The number of hydrazone groups is 1. The Morgan fingerprint density at radius 2 is 2.20 bits per heavy atom. The summed E-state index contributed by atoms with van der Waals surface area (Å²) >= 11 is 6.29. The lowest BCUT2D eigenvalue weighted by Crippen LogP contribution is -2.22. The molecule has 8 heteroatoms. The summed E-state index contributed by atoms with van der Waals surface area (Å²) in [5, 5.41) is 5.25. The van der Waals surface area contributed by atoms with Crippen molar-refractivity contribution in [1.82, 2.24) is 5.01 Å². The van der Waals surface area contributed by atoms with Crippen molar-refractivity contribution in [2.24, 2.45) is 10.8 Å². The Bertz CT molecular complexity index is 556. The van der Waals surface area contributed by atoms with E-state index in [1.165, 1.54) is 23.0 Å². The Kier molecular flexibility index (Phi) is 4.70. The number of nitrogens with two attached hydrogens (primary N) is 1. The van der Waals surface area contributed by atoms with Crippen molar-refractivity contribution in [1.29, 1.82) is 0 Å². The van der Waals surface area contributed by atoms with Gasteiger partial charge in [0.25, 0.3) is 11.8 Å². The molecule has 2 rings (SSSR count). The Balaban J connectivity index is 1.98. The van der Waals surface area contributed by atoms with Crippen LogP contribution in [0.25, 0.3) is 0 Å². The summed E-state index contributed by atoms with van der Waals surface area (Å²) in [5.41, 5.74) is 5.76. The van der Waals surface area contributed by atoms with Crippen LogP contribution in [0.5, 0.6) is 5.75 Å². The number of primary amides is 1. The van der Waals surface area contributed by atoms with Gasteiger partial charge in [-0.25, -0.2) is 0 Å². The van der Waals surface area contributed by atoms with E-state index in [-0.39, 0.29) is 12.5 Å². The van der Waals surface area contributed by atoms with Crippen LogP contribution < -0.4 is 10.5 Å². The number of ether oxygens (including phenoxy) is 1. The van der Waals surface area contributed by atoms with E-state index in [9.17, 15) is 9.59 Å². The third kappa shape index (κ3) is 3.78. The second kappa shape index (κ2) is 6.49. The number of hydrogen-bond donors (Lipinski definition) is 1. The molecule has 1 aromatic rings. The standard InChI is InChI=1S/C12H11N3O3S2/c13-10(16)6-18-9-3-1-8(2-4-9)5-14-15-11(17)7-20-12(15)19/h1-5H,6-7H2,(H2,13,16)/b14-5-. The lowest BCUT2D eigenvalue weighted by Gasteiger charge is -2.06. The van der Waals surface area contributed by atoms with E-state index in [4.69, 9.17) is 22.7 Å². The van der Waals surface area contributed by atoms with Crippen molar-refractivity contribution in [2.75, 3.05) is 12.4 Å². The molecule has 20 heavy (non-hydrogen) atoms. The molecular weight excluding hydrogens is 298 g/mol. The van der Waals surface area contributed by atoms with Gasteiger partial charge in [-0.2, -0.15) is 10.1 Å². The molecule has 1 aliphatic rings. The zero-order valence-corrected chi connectivity index (χ0v) is 11.9. The van der Waals surface area contributed by atoms with Crippen molar-refractivity contribution in [2.45, 2.75) is 0 Å². The zero-order chi connectivity index (χ0) is 14.5. The van der Waals surface area contributed by atoms with Gasteiger partial charge in [-0.15, -0.1) is 0 Å². The average molecular weight is 309 g/mol. The molecule has 1 fully saturated rings. The third-order valence-electron chi connectivity index (χ3n) is 2.31. The van der Waals surface area contributed by atoms with Gasteiger partial charge in [-0.05, 0) is 29.8 Å². The first-order valence-corrected chi connectivity index (χ1v) is 7.00. The highest BCUT2D eigenvalue weighted by Crippen LogP contribution is 2.19. The maximum Gasteiger partial charge on any atom is 0.259 e. The molecule has 0 aliphatic carbocycles. The molecule has 1 aliphatic heterocycles. The van der Waals surface area contributed by atoms with E-state index >= 15 is 0 Å². The van der Waals surface area contributed by atoms with E-state index in [0.29, 0.717) is 15.8 Å². The molecule has 0 aromatic heterocycles. The fourth-order valence-corrected chi connectivity index (χ4v) is 2.35. The van der Waals surface area contributed by atoms with Crippen LogP contribution in [0.3, 0.4) is 0 Å². The van der Waals surface area contributed by atoms with Crippen molar-refractivity contribution in [3.05, 3.63) is 29.8 Å². The first-order chi connectivity index (χ1) is 9.56. The topological polar surface area (TPSA) is 85.0 Å². The summed E-state index contributed by atoms with van der Waals surface area (Å²) in [6, 6.07) is 6.86. The highest BCUT2D eigenvalue weighted by molar-refractivity contribution is 8.23. The van der Waals surface area contributed by atoms with Crippen LogP contribution in [0, 0.1) is 0 Å². The van der Waals surface area contributed by atoms with E-state index < -0.39 is 5.91 Å². The average Bonchev–Trinajstić information content (AvgIpc) is 2.75. The number of carbonyl (C=O) groups excluding carboxylic acids is 2. The minimum absolute atomic E-state index is 0.127. The van der Waals surface area contributed by atoms with Crippen LogP contribution in [-0.2, 0) is 9.59 Å². The molecule has 0 radical (unpaired) electrons. The predicted octanol–water partition coefficient (Wildman–Crippen LogP) is 0.745.